The fraction of sp³-hybridized carbons (Fsp3) is 0. The molecule has 2 aromatic heterocycles. The molecule has 5 nitrogen and oxygen atoms in total. The van der Waals surface area contributed by atoms with Crippen LogP contribution in [0.1, 0.15) is 15.9 Å². The lowest BCUT2D eigenvalue weighted by Gasteiger charge is -1.98. The van der Waals surface area contributed by atoms with Gasteiger partial charge in [0.1, 0.15) is 0 Å². The maximum atomic E-state index is 11.8. The van der Waals surface area contributed by atoms with Crippen LogP contribution in [0, 0.1) is 0 Å². The molecule has 20 heavy (non-hydrogen) atoms. The van der Waals surface area contributed by atoms with Crippen molar-refractivity contribution in [2.45, 2.75) is 0 Å². The molecule has 0 aliphatic carbocycles. The van der Waals surface area contributed by atoms with E-state index in [0.717, 1.165) is 16.5 Å². The molecule has 0 aliphatic heterocycles. The van der Waals surface area contributed by atoms with E-state index >= 15 is 0 Å². The third-order valence-corrected chi connectivity index (χ3v) is 2.93. The van der Waals surface area contributed by atoms with E-state index in [1.54, 1.807) is 30.7 Å². The molecule has 1 amide bonds. The number of nitrogens with zero attached hydrogens (tertiary/aromatic N) is 2. The first-order valence-corrected chi connectivity index (χ1v) is 6.14. The number of fused-ring (bicyclic) bond motifs is 1. The predicted molar refractivity (Wildman–Crippen MR) is 77.6 cm³/mol. The highest BCUT2D eigenvalue weighted by molar-refractivity contribution is 6.00. The molecule has 1 aromatic carbocycles. The maximum Gasteiger partial charge on any atom is 0.271 e. The Balaban J connectivity index is 1.74. The van der Waals surface area contributed by atoms with Crippen molar-refractivity contribution in [3.63, 3.8) is 0 Å². The number of nitrogens with one attached hydrogen (secondary N) is 2. The Bertz CT molecular complexity index is 762. The number of para-hydroxylation sites is 1. The van der Waals surface area contributed by atoms with Gasteiger partial charge in [-0.2, -0.15) is 5.10 Å². The molecule has 0 spiro atoms. The van der Waals surface area contributed by atoms with Gasteiger partial charge in [0.25, 0.3) is 5.91 Å². The van der Waals surface area contributed by atoms with Crippen LogP contribution in [-0.4, -0.2) is 22.1 Å². The van der Waals surface area contributed by atoms with Gasteiger partial charge in [-0.3, -0.25) is 9.78 Å². The molecule has 2 N–H and O–H groups in total. The van der Waals surface area contributed by atoms with E-state index in [-0.39, 0.29) is 5.91 Å². The van der Waals surface area contributed by atoms with Crippen LogP contribution in [0.5, 0.6) is 0 Å². The summed E-state index contributed by atoms with van der Waals surface area (Å²) in [5.41, 5.74) is 4.98. The van der Waals surface area contributed by atoms with Gasteiger partial charge in [0, 0.05) is 40.6 Å². The van der Waals surface area contributed by atoms with Crippen LogP contribution in [0.4, 0.5) is 0 Å². The monoisotopic (exact) mass is 264 g/mol. The quantitative estimate of drug-likeness (QED) is 0.563. The Kier molecular flexibility index (Phi) is 3.24. The summed E-state index contributed by atoms with van der Waals surface area (Å²) in [6.07, 6.45) is 6.61. The van der Waals surface area contributed by atoms with Gasteiger partial charge >= 0.3 is 0 Å². The topological polar surface area (TPSA) is 70.1 Å². The van der Waals surface area contributed by atoms with E-state index in [4.69, 9.17) is 0 Å². The number of carbonyl (C=O) groups is 1. The van der Waals surface area contributed by atoms with Crippen molar-refractivity contribution >= 4 is 23.0 Å². The van der Waals surface area contributed by atoms with Crippen molar-refractivity contribution in [2.24, 2.45) is 5.10 Å². The Morgan fingerprint density at radius 1 is 1.20 bits per heavy atom. The number of hydrazone groups is 1. The van der Waals surface area contributed by atoms with Crippen LogP contribution >= 0.6 is 0 Å². The summed E-state index contributed by atoms with van der Waals surface area (Å²) in [5.74, 6) is -0.261. The summed E-state index contributed by atoms with van der Waals surface area (Å²) in [7, 11) is 0. The standard InChI is InChI=1S/C15H12N4O/c20-15(11-5-7-16-8-6-11)19-18-10-12-9-17-14-4-2-1-3-13(12)14/h1-10,17H,(H,19,20)/b18-10+. The summed E-state index contributed by atoms with van der Waals surface area (Å²) in [5, 5.41) is 5.04. The highest BCUT2D eigenvalue weighted by Crippen LogP contribution is 2.15. The van der Waals surface area contributed by atoms with Gasteiger partial charge in [0.2, 0.25) is 0 Å². The number of pyridine rings is 1. The van der Waals surface area contributed by atoms with Gasteiger partial charge in [-0.05, 0) is 18.2 Å². The first-order valence-electron chi connectivity index (χ1n) is 6.14. The number of hydrogen-bond donors (Lipinski definition) is 2. The lowest BCUT2D eigenvalue weighted by atomic mass is 10.2. The molecule has 0 atom stereocenters. The van der Waals surface area contributed by atoms with Crippen molar-refractivity contribution in [1.29, 1.82) is 0 Å². The van der Waals surface area contributed by atoms with Gasteiger partial charge in [-0.25, -0.2) is 5.43 Å². The van der Waals surface area contributed by atoms with E-state index in [0.29, 0.717) is 5.56 Å². The molecule has 0 radical (unpaired) electrons. The number of rotatable bonds is 3. The van der Waals surface area contributed by atoms with Gasteiger partial charge in [0.05, 0.1) is 6.21 Å². The number of benzene rings is 1. The van der Waals surface area contributed by atoms with E-state index in [1.165, 1.54) is 0 Å². The highest BCUT2D eigenvalue weighted by Gasteiger charge is 2.03. The van der Waals surface area contributed by atoms with Gasteiger partial charge in [0.15, 0.2) is 0 Å². The Labute approximate surface area is 115 Å². The molecule has 2 heterocycles. The number of carbonyl (C=O) groups excluding carboxylic acids is 1. The average molecular weight is 264 g/mol. The number of amides is 1. The smallest absolute Gasteiger partial charge is 0.271 e. The number of aromatic amines is 1. The molecule has 0 unspecified atom stereocenters. The molecular formula is C15H12N4O. The zero-order valence-corrected chi connectivity index (χ0v) is 10.6. The predicted octanol–water partition coefficient (Wildman–Crippen LogP) is 2.33. The Hall–Kier alpha value is -2.95. The largest absolute Gasteiger partial charge is 0.361 e. The third kappa shape index (κ3) is 2.42. The number of aromatic nitrogens is 2. The molecule has 0 bridgehead atoms. The van der Waals surface area contributed by atoms with E-state index in [2.05, 4.69) is 20.5 Å². The lowest BCUT2D eigenvalue weighted by Crippen LogP contribution is -2.17. The van der Waals surface area contributed by atoms with Gasteiger partial charge in [-0.15, -0.1) is 0 Å². The minimum absolute atomic E-state index is 0.261. The summed E-state index contributed by atoms with van der Waals surface area (Å²) in [6, 6.07) is 11.2. The first-order chi connectivity index (χ1) is 9.84. The van der Waals surface area contributed by atoms with E-state index < -0.39 is 0 Å². The molecule has 98 valence electrons. The molecule has 3 rings (SSSR count). The van der Waals surface area contributed by atoms with Crippen LogP contribution in [0.2, 0.25) is 0 Å². The maximum absolute atomic E-state index is 11.8. The highest BCUT2D eigenvalue weighted by atomic mass is 16.2. The van der Waals surface area contributed by atoms with Crippen molar-refractivity contribution < 1.29 is 4.79 Å². The van der Waals surface area contributed by atoms with Crippen LogP contribution in [0.3, 0.4) is 0 Å². The summed E-state index contributed by atoms with van der Waals surface area (Å²) in [4.78, 5) is 18.8. The van der Waals surface area contributed by atoms with Crippen molar-refractivity contribution in [3.8, 4) is 0 Å². The average Bonchev–Trinajstić information content (AvgIpc) is 2.92. The molecule has 0 fully saturated rings. The number of H-pyrrole nitrogens is 1. The minimum atomic E-state index is -0.261. The van der Waals surface area contributed by atoms with Crippen LogP contribution in [-0.2, 0) is 0 Å². The normalized spacial score (nSPS) is 11.0. The van der Waals surface area contributed by atoms with Crippen LogP contribution in [0.25, 0.3) is 10.9 Å². The summed E-state index contributed by atoms with van der Waals surface area (Å²) < 4.78 is 0. The number of hydrogen-bond acceptors (Lipinski definition) is 3. The molecule has 0 aliphatic rings. The zero-order valence-electron chi connectivity index (χ0n) is 10.6. The van der Waals surface area contributed by atoms with Gasteiger partial charge in [-0.1, -0.05) is 18.2 Å². The molecule has 5 heteroatoms. The second-order valence-corrected chi connectivity index (χ2v) is 4.22. The minimum Gasteiger partial charge on any atom is -0.361 e. The second-order valence-electron chi connectivity index (χ2n) is 4.22. The molecule has 0 saturated heterocycles. The molecule has 0 saturated carbocycles. The first kappa shape index (κ1) is 12.1. The fourth-order valence-corrected chi connectivity index (χ4v) is 1.93. The van der Waals surface area contributed by atoms with Crippen LogP contribution in [0.15, 0.2) is 60.1 Å². The van der Waals surface area contributed by atoms with Crippen LogP contribution < -0.4 is 5.43 Å². The zero-order chi connectivity index (χ0) is 13.8. The van der Waals surface area contributed by atoms with Crippen molar-refractivity contribution in [1.82, 2.24) is 15.4 Å². The summed E-state index contributed by atoms with van der Waals surface area (Å²) in [6.45, 7) is 0. The molecule has 3 aromatic rings. The van der Waals surface area contributed by atoms with Crippen molar-refractivity contribution in [2.75, 3.05) is 0 Å². The Morgan fingerprint density at radius 3 is 2.85 bits per heavy atom. The van der Waals surface area contributed by atoms with E-state index in [9.17, 15) is 4.79 Å². The van der Waals surface area contributed by atoms with E-state index in [1.807, 2.05) is 30.5 Å². The lowest BCUT2D eigenvalue weighted by molar-refractivity contribution is 0.0955. The SMILES string of the molecule is O=C(N/N=C/c1c[nH]c2ccccc12)c1ccncc1. The molecular weight excluding hydrogens is 252 g/mol. The summed E-state index contributed by atoms with van der Waals surface area (Å²) >= 11 is 0. The third-order valence-electron chi connectivity index (χ3n) is 2.93. The second kappa shape index (κ2) is 5.36. The fourth-order valence-electron chi connectivity index (χ4n) is 1.93. The van der Waals surface area contributed by atoms with Gasteiger partial charge < -0.3 is 4.98 Å². The Morgan fingerprint density at radius 2 is 2.00 bits per heavy atom. The van der Waals surface area contributed by atoms with Crippen molar-refractivity contribution in [3.05, 3.63) is 66.1 Å².